The Labute approximate surface area is 93.2 Å². The van der Waals surface area contributed by atoms with E-state index in [9.17, 15) is 0 Å². The van der Waals surface area contributed by atoms with E-state index in [-0.39, 0.29) is 0 Å². The maximum absolute atomic E-state index is 4.44. The first-order valence-electron chi connectivity index (χ1n) is 5.93. The molecule has 82 valence electrons. The molecule has 2 nitrogen and oxygen atoms in total. The highest BCUT2D eigenvalue weighted by Crippen LogP contribution is 2.28. The summed E-state index contributed by atoms with van der Waals surface area (Å²) < 4.78 is 2.11. The van der Waals surface area contributed by atoms with Crippen molar-refractivity contribution >= 4 is 12.8 Å². The maximum atomic E-state index is 4.44. The number of nitrogens with zero attached hydrogens (tertiary/aromatic N) is 2. The highest BCUT2D eigenvalue weighted by molar-refractivity contribution is 7.77. The van der Waals surface area contributed by atoms with Crippen LogP contribution in [0, 0.1) is 0 Å². The monoisotopic (exact) mass is 214 g/mol. The molecule has 1 aliphatic carbocycles. The average molecular weight is 214 g/mol. The Hall–Kier alpha value is 0.270. The Morgan fingerprint density at radius 1 is 1.14 bits per heavy atom. The summed E-state index contributed by atoms with van der Waals surface area (Å²) in [6, 6.07) is 1.56. The topological polar surface area (TPSA) is 6.48 Å². The first kappa shape index (κ1) is 10.8. The fourth-order valence-electron chi connectivity index (χ4n) is 2.92. The standard InChI is InChI=1S/C11H22N2S/c1-12(14)10-5-4-6-11(9-10)13-7-2-3-8-13/h10-11,14H,2-9H2,1H3. The molecule has 0 aromatic carbocycles. The molecular weight excluding hydrogens is 192 g/mol. The van der Waals surface area contributed by atoms with Crippen molar-refractivity contribution in [1.29, 1.82) is 0 Å². The second-order valence-electron chi connectivity index (χ2n) is 4.79. The van der Waals surface area contributed by atoms with Crippen molar-refractivity contribution < 1.29 is 0 Å². The van der Waals surface area contributed by atoms with Gasteiger partial charge in [0.1, 0.15) is 0 Å². The van der Waals surface area contributed by atoms with Crippen LogP contribution in [0.25, 0.3) is 0 Å². The minimum absolute atomic E-state index is 0.706. The number of rotatable bonds is 2. The summed E-state index contributed by atoms with van der Waals surface area (Å²) in [6.07, 6.45) is 8.30. The Bertz CT molecular complexity index is 178. The summed E-state index contributed by atoms with van der Waals surface area (Å²) >= 11 is 4.44. The third-order valence-corrected chi connectivity index (χ3v) is 4.13. The van der Waals surface area contributed by atoms with Crippen molar-refractivity contribution in [3.8, 4) is 0 Å². The summed E-state index contributed by atoms with van der Waals surface area (Å²) in [6.45, 7) is 2.68. The molecule has 3 heteroatoms. The molecule has 14 heavy (non-hydrogen) atoms. The molecule has 2 fully saturated rings. The molecule has 2 unspecified atom stereocenters. The summed E-state index contributed by atoms with van der Waals surface area (Å²) in [5, 5.41) is 0. The first-order chi connectivity index (χ1) is 6.77. The van der Waals surface area contributed by atoms with Gasteiger partial charge in [0.25, 0.3) is 0 Å². The van der Waals surface area contributed by atoms with Crippen molar-refractivity contribution in [2.75, 3.05) is 20.1 Å². The third-order valence-electron chi connectivity index (χ3n) is 3.80. The highest BCUT2D eigenvalue weighted by Gasteiger charge is 2.29. The van der Waals surface area contributed by atoms with Gasteiger partial charge in [-0.1, -0.05) is 19.2 Å². The third kappa shape index (κ3) is 2.44. The molecule has 1 heterocycles. The van der Waals surface area contributed by atoms with E-state index in [1.807, 2.05) is 0 Å². The van der Waals surface area contributed by atoms with E-state index in [1.54, 1.807) is 0 Å². The predicted octanol–water partition coefficient (Wildman–Crippen LogP) is 2.17. The van der Waals surface area contributed by atoms with Gasteiger partial charge in [0.2, 0.25) is 0 Å². The summed E-state index contributed by atoms with van der Waals surface area (Å²) in [7, 11) is 2.10. The van der Waals surface area contributed by atoms with Gasteiger partial charge in [-0.05, 0) is 52.2 Å². The predicted molar refractivity (Wildman–Crippen MR) is 63.6 cm³/mol. The van der Waals surface area contributed by atoms with Crippen molar-refractivity contribution in [2.24, 2.45) is 0 Å². The summed E-state index contributed by atoms with van der Waals surface area (Å²) in [5.74, 6) is 0. The minimum atomic E-state index is 0.706. The lowest BCUT2D eigenvalue weighted by Crippen LogP contribution is -2.41. The van der Waals surface area contributed by atoms with Crippen molar-refractivity contribution in [2.45, 2.75) is 50.6 Å². The Balaban J connectivity index is 1.86. The Morgan fingerprint density at radius 2 is 1.86 bits per heavy atom. The van der Waals surface area contributed by atoms with Crippen LogP contribution in [-0.2, 0) is 0 Å². The van der Waals surface area contributed by atoms with Gasteiger partial charge in [0, 0.05) is 12.1 Å². The molecule has 0 aromatic rings. The van der Waals surface area contributed by atoms with E-state index in [0.717, 1.165) is 6.04 Å². The van der Waals surface area contributed by atoms with Gasteiger partial charge in [0.15, 0.2) is 0 Å². The zero-order valence-electron chi connectivity index (χ0n) is 9.15. The van der Waals surface area contributed by atoms with E-state index in [2.05, 4.69) is 29.1 Å². The smallest absolute Gasteiger partial charge is 0.0212 e. The van der Waals surface area contributed by atoms with Crippen LogP contribution in [0.4, 0.5) is 0 Å². The van der Waals surface area contributed by atoms with Crippen LogP contribution in [0.3, 0.4) is 0 Å². The second kappa shape index (κ2) is 4.86. The second-order valence-corrected chi connectivity index (χ2v) is 5.42. The van der Waals surface area contributed by atoms with Crippen molar-refractivity contribution in [3.63, 3.8) is 0 Å². The normalized spacial score (nSPS) is 35.4. The summed E-state index contributed by atoms with van der Waals surface area (Å²) in [4.78, 5) is 2.70. The van der Waals surface area contributed by atoms with Crippen LogP contribution in [0.15, 0.2) is 0 Å². The SMILES string of the molecule is CN(S)C1CCCC(N2CCCC2)C1. The number of hydrogen-bond acceptors (Lipinski definition) is 3. The van der Waals surface area contributed by atoms with Crippen molar-refractivity contribution in [3.05, 3.63) is 0 Å². The van der Waals surface area contributed by atoms with Gasteiger partial charge >= 0.3 is 0 Å². The minimum Gasteiger partial charge on any atom is -0.300 e. The first-order valence-corrected chi connectivity index (χ1v) is 6.33. The lowest BCUT2D eigenvalue weighted by atomic mass is 9.90. The fraction of sp³-hybridized carbons (Fsp3) is 1.00. The van der Waals surface area contributed by atoms with Gasteiger partial charge in [-0.2, -0.15) is 0 Å². The molecule has 0 spiro atoms. The van der Waals surface area contributed by atoms with Crippen LogP contribution >= 0.6 is 12.8 Å². The van der Waals surface area contributed by atoms with E-state index in [1.165, 1.54) is 51.6 Å². The molecule has 2 rings (SSSR count). The van der Waals surface area contributed by atoms with Gasteiger partial charge in [-0.25, -0.2) is 0 Å². The summed E-state index contributed by atoms with van der Waals surface area (Å²) in [5.41, 5.74) is 0. The fourth-order valence-corrected chi connectivity index (χ4v) is 3.13. The zero-order chi connectivity index (χ0) is 9.97. The van der Waals surface area contributed by atoms with E-state index in [0.29, 0.717) is 6.04 Å². The molecule has 1 saturated carbocycles. The van der Waals surface area contributed by atoms with Crippen LogP contribution < -0.4 is 0 Å². The quantitative estimate of drug-likeness (QED) is 0.704. The molecule has 2 atom stereocenters. The Kier molecular flexibility index (Phi) is 3.74. The molecule has 0 aromatic heterocycles. The van der Waals surface area contributed by atoms with Gasteiger partial charge < -0.3 is 4.90 Å². The van der Waals surface area contributed by atoms with Crippen LogP contribution in [0.2, 0.25) is 0 Å². The average Bonchev–Trinajstić information content (AvgIpc) is 2.71. The molecule has 0 radical (unpaired) electrons. The van der Waals surface area contributed by atoms with Gasteiger partial charge in [0.05, 0.1) is 0 Å². The zero-order valence-corrected chi connectivity index (χ0v) is 10.0. The van der Waals surface area contributed by atoms with E-state index < -0.39 is 0 Å². The lowest BCUT2D eigenvalue weighted by Gasteiger charge is -2.37. The Morgan fingerprint density at radius 3 is 2.50 bits per heavy atom. The molecule has 2 aliphatic rings. The largest absolute Gasteiger partial charge is 0.300 e. The highest BCUT2D eigenvalue weighted by atomic mass is 32.1. The molecular formula is C11H22N2S. The van der Waals surface area contributed by atoms with Crippen LogP contribution in [-0.4, -0.2) is 41.4 Å². The number of hydrogen-bond donors (Lipinski definition) is 1. The van der Waals surface area contributed by atoms with Crippen LogP contribution in [0.1, 0.15) is 38.5 Å². The lowest BCUT2D eigenvalue weighted by molar-refractivity contribution is 0.151. The maximum Gasteiger partial charge on any atom is 0.0212 e. The van der Waals surface area contributed by atoms with Crippen molar-refractivity contribution in [1.82, 2.24) is 9.21 Å². The number of likely N-dealkylation sites (tertiary alicyclic amines) is 1. The van der Waals surface area contributed by atoms with E-state index in [4.69, 9.17) is 0 Å². The molecule has 0 amide bonds. The number of thiol groups is 1. The molecule has 1 saturated heterocycles. The molecule has 0 bridgehead atoms. The van der Waals surface area contributed by atoms with Crippen LogP contribution in [0.5, 0.6) is 0 Å². The van der Waals surface area contributed by atoms with Gasteiger partial charge in [-0.15, -0.1) is 0 Å². The van der Waals surface area contributed by atoms with Gasteiger partial charge in [-0.3, -0.25) is 4.31 Å². The molecule has 0 N–H and O–H groups in total. The van der Waals surface area contributed by atoms with E-state index >= 15 is 0 Å². The molecule has 1 aliphatic heterocycles.